The first-order chi connectivity index (χ1) is 9.13. The van der Waals surface area contributed by atoms with Crippen LogP contribution in [-0.2, 0) is 12.8 Å². The molecule has 0 saturated carbocycles. The highest BCUT2D eigenvalue weighted by molar-refractivity contribution is 7.15. The second-order valence-electron chi connectivity index (χ2n) is 4.22. The van der Waals surface area contributed by atoms with Gasteiger partial charge in [0.15, 0.2) is 5.13 Å². The number of hydrogen-bond acceptors (Lipinski definition) is 5. The van der Waals surface area contributed by atoms with Crippen molar-refractivity contribution >= 4 is 39.9 Å². The van der Waals surface area contributed by atoms with E-state index in [0.29, 0.717) is 5.82 Å². The van der Waals surface area contributed by atoms with Crippen LogP contribution in [0, 0.1) is 0 Å². The molecule has 1 aliphatic rings. The summed E-state index contributed by atoms with van der Waals surface area (Å²) in [5.74, 6) is -0.633. The first-order valence-electron chi connectivity index (χ1n) is 5.78. The quantitative estimate of drug-likeness (QED) is 0.910. The largest absolute Gasteiger partial charge is 0.478 e. The first kappa shape index (κ1) is 12.4. The molecule has 0 bridgehead atoms. The maximum Gasteiger partial charge on any atom is 0.337 e. The molecule has 98 valence electrons. The SMILES string of the molecule is O=C(O)c1cc(Nc2nc3c(s2)CCC3)ncc1Cl. The van der Waals surface area contributed by atoms with Gasteiger partial charge in [0.05, 0.1) is 16.3 Å². The van der Waals surface area contributed by atoms with Crippen molar-refractivity contribution in [3.05, 3.63) is 33.4 Å². The Kier molecular flexibility index (Phi) is 3.12. The highest BCUT2D eigenvalue weighted by Crippen LogP contribution is 2.32. The number of aryl methyl sites for hydroxylation is 2. The molecule has 2 N–H and O–H groups in total. The van der Waals surface area contributed by atoms with Crippen molar-refractivity contribution in [2.24, 2.45) is 0 Å². The molecule has 0 atom stereocenters. The summed E-state index contributed by atoms with van der Waals surface area (Å²) >= 11 is 7.36. The van der Waals surface area contributed by atoms with Crippen molar-refractivity contribution < 1.29 is 9.90 Å². The highest BCUT2D eigenvalue weighted by atomic mass is 35.5. The monoisotopic (exact) mass is 295 g/mol. The molecule has 2 aromatic heterocycles. The summed E-state index contributed by atoms with van der Waals surface area (Å²) in [6, 6.07) is 1.41. The molecular formula is C12H10ClN3O2S. The molecule has 19 heavy (non-hydrogen) atoms. The summed E-state index contributed by atoms with van der Waals surface area (Å²) < 4.78 is 0. The van der Waals surface area contributed by atoms with Gasteiger partial charge in [0, 0.05) is 11.1 Å². The highest BCUT2D eigenvalue weighted by Gasteiger charge is 2.17. The zero-order valence-corrected chi connectivity index (χ0v) is 11.4. The van der Waals surface area contributed by atoms with Crippen LogP contribution < -0.4 is 5.32 Å². The van der Waals surface area contributed by atoms with Crippen molar-refractivity contribution in [2.45, 2.75) is 19.3 Å². The Hall–Kier alpha value is -1.66. The number of thiazole rings is 1. The van der Waals surface area contributed by atoms with E-state index >= 15 is 0 Å². The minimum absolute atomic E-state index is 0.0308. The maximum atomic E-state index is 11.0. The summed E-state index contributed by atoms with van der Waals surface area (Å²) in [5, 5.41) is 12.9. The van der Waals surface area contributed by atoms with E-state index in [-0.39, 0.29) is 10.6 Å². The maximum absolute atomic E-state index is 11.0. The lowest BCUT2D eigenvalue weighted by Crippen LogP contribution is -2.01. The summed E-state index contributed by atoms with van der Waals surface area (Å²) in [7, 11) is 0. The van der Waals surface area contributed by atoms with E-state index in [1.54, 1.807) is 11.3 Å². The summed E-state index contributed by atoms with van der Waals surface area (Å²) in [6.07, 6.45) is 4.58. The van der Waals surface area contributed by atoms with E-state index in [9.17, 15) is 4.79 Å². The lowest BCUT2D eigenvalue weighted by atomic mass is 10.2. The van der Waals surface area contributed by atoms with Gasteiger partial charge in [-0.05, 0) is 25.3 Å². The minimum atomic E-state index is -1.07. The number of nitrogens with one attached hydrogen (secondary N) is 1. The first-order valence-corrected chi connectivity index (χ1v) is 6.97. The van der Waals surface area contributed by atoms with Gasteiger partial charge < -0.3 is 10.4 Å². The number of rotatable bonds is 3. The lowest BCUT2D eigenvalue weighted by molar-refractivity contribution is 0.0697. The number of carboxylic acid groups (broad SMARTS) is 1. The summed E-state index contributed by atoms with van der Waals surface area (Å²) in [6.45, 7) is 0. The molecule has 2 heterocycles. The number of halogens is 1. The van der Waals surface area contributed by atoms with Crippen LogP contribution in [0.4, 0.5) is 10.9 Å². The second-order valence-corrected chi connectivity index (χ2v) is 5.71. The smallest absolute Gasteiger partial charge is 0.337 e. The molecule has 0 spiro atoms. The molecule has 1 aliphatic carbocycles. The zero-order valence-electron chi connectivity index (χ0n) is 9.81. The third kappa shape index (κ3) is 2.41. The van der Waals surface area contributed by atoms with Crippen molar-refractivity contribution in [3.63, 3.8) is 0 Å². The molecule has 2 aromatic rings. The van der Waals surface area contributed by atoms with Gasteiger partial charge in [0.2, 0.25) is 0 Å². The van der Waals surface area contributed by atoms with E-state index in [2.05, 4.69) is 15.3 Å². The van der Waals surface area contributed by atoms with E-state index in [1.807, 2.05) is 0 Å². The van der Waals surface area contributed by atoms with Crippen LogP contribution in [-0.4, -0.2) is 21.0 Å². The van der Waals surface area contributed by atoms with Crippen LogP contribution in [0.25, 0.3) is 0 Å². The third-order valence-corrected chi connectivity index (χ3v) is 4.29. The average Bonchev–Trinajstić information content (AvgIpc) is 2.91. The van der Waals surface area contributed by atoms with Crippen LogP contribution in [0.2, 0.25) is 5.02 Å². The second kappa shape index (κ2) is 4.79. The van der Waals surface area contributed by atoms with E-state index in [4.69, 9.17) is 16.7 Å². The fraction of sp³-hybridized carbons (Fsp3) is 0.250. The fourth-order valence-corrected chi connectivity index (χ4v) is 3.27. The molecule has 3 rings (SSSR count). The van der Waals surface area contributed by atoms with E-state index in [1.165, 1.54) is 17.1 Å². The molecule has 0 fully saturated rings. The van der Waals surface area contributed by atoms with Crippen LogP contribution in [0.15, 0.2) is 12.3 Å². The third-order valence-electron chi connectivity index (χ3n) is 2.92. The Morgan fingerprint density at radius 1 is 1.47 bits per heavy atom. The van der Waals surface area contributed by atoms with Crippen LogP contribution >= 0.6 is 22.9 Å². The van der Waals surface area contributed by atoms with Gasteiger partial charge in [-0.15, -0.1) is 11.3 Å². The Morgan fingerprint density at radius 3 is 3.05 bits per heavy atom. The normalized spacial score (nSPS) is 13.3. The molecule has 0 amide bonds. The molecule has 0 aliphatic heterocycles. The number of carboxylic acids is 1. The Labute approximate surface area is 118 Å². The molecule has 0 radical (unpaired) electrons. The predicted molar refractivity (Wildman–Crippen MR) is 73.6 cm³/mol. The number of pyridine rings is 1. The minimum Gasteiger partial charge on any atom is -0.478 e. The van der Waals surface area contributed by atoms with E-state index in [0.717, 1.165) is 30.1 Å². The fourth-order valence-electron chi connectivity index (χ4n) is 2.02. The van der Waals surface area contributed by atoms with Gasteiger partial charge in [-0.1, -0.05) is 11.6 Å². The molecule has 5 nitrogen and oxygen atoms in total. The number of nitrogens with zero attached hydrogens (tertiary/aromatic N) is 2. The van der Waals surface area contributed by atoms with Crippen molar-refractivity contribution in [2.75, 3.05) is 5.32 Å². The molecular weight excluding hydrogens is 286 g/mol. The number of aromatic nitrogens is 2. The number of carbonyl (C=O) groups is 1. The number of fused-ring (bicyclic) bond motifs is 1. The van der Waals surface area contributed by atoms with Crippen molar-refractivity contribution in [1.82, 2.24) is 9.97 Å². The van der Waals surface area contributed by atoms with Gasteiger partial charge in [-0.2, -0.15) is 0 Å². The molecule has 0 saturated heterocycles. The molecule has 0 unspecified atom stereocenters. The van der Waals surface area contributed by atoms with Crippen molar-refractivity contribution in [1.29, 1.82) is 0 Å². The summed E-state index contributed by atoms with van der Waals surface area (Å²) in [4.78, 5) is 20.8. The Balaban J connectivity index is 1.86. The van der Waals surface area contributed by atoms with Gasteiger partial charge in [0.1, 0.15) is 5.82 Å². The van der Waals surface area contributed by atoms with Crippen LogP contribution in [0.3, 0.4) is 0 Å². The van der Waals surface area contributed by atoms with Gasteiger partial charge in [0.25, 0.3) is 0 Å². The Bertz CT molecular complexity index is 635. The Morgan fingerprint density at radius 2 is 2.32 bits per heavy atom. The number of hydrogen-bond donors (Lipinski definition) is 2. The topological polar surface area (TPSA) is 75.1 Å². The van der Waals surface area contributed by atoms with E-state index < -0.39 is 5.97 Å². The molecule has 7 heteroatoms. The van der Waals surface area contributed by atoms with Gasteiger partial charge >= 0.3 is 5.97 Å². The zero-order chi connectivity index (χ0) is 13.4. The predicted octanol–water partition coefficient (Wildman–Crippen LogP) is 3.12. The van der Waals surface area contributed by atoms with Crippen LogP contribution in [0.5, 0.6) is 0 Å². The van der Waals surface area contributed by atoms with Crippen molar-refractivity contribution in [3.8, 4) is 0 Å². The number of anilines is 2. The number of aromatic carboxylic acids is 1. The standard InChI is InChI=1S/C12H10ClN3O2S/c13-7-5-14-10(4-6(7)11(17)18)16-12-15-8-2-1-3-9(8)19-12/h4-5H,1-3H2,(H,17,18)(H,14,15,16). The lowest BCUT2D eigenvalue weighted by Gasteiger charge is -2.04. The average molecular weight is 296 g/mol. The van der Waals surface area contributed by atoms with Crippen LogP contribution in [0.1, 0.15) is 27.3 Å². The summed E-state index contributed by atoms with van der Waals surface area (Å²) in [5.41, 5.74) is 1.17. The van der Waals surface area contributed by atoms with Gasteiger partial charge in [-0.25, -0.2) is 14.8 Å². The molecule has 0 aromatic carbocycles. The van der Waals surface area contributed by atoms with Gasteiger partial charge in [-0.3, -0.25) is 0 Å².